The summed E-state index contributed by atoms with van der Waals surface area (Å²) in [4.78, 5) is 15.4. The number of hydrogen-bond donors (Lipinski definition) is 4. The zero-order chi connectivity index (χ0) is 40.3. The maximum absolute atomic E-state index is 13.5. The number of aromatic hydroxyl groups is 1. The number of hydrogen-bond acceptors (Lipinski definition) is 10. The Morgan fingerprint density at radius 2 is 1.60 bits per heavy atom. The second kappa shape index (κ2) is 16.6. The number of benzene rings is 5. The number of carbonyl (C=O) groups excluding carboxylic acids is 1. The number of fused-ring (bicyclic) bond motifs is 4. The Hall–Kier alpha value is -5.42. The van der Waals surface area contributed by atoms with E-state index >= 15 is 0 Å². The van der Waals surface area contributed by atoms with E-state index in [1.807, 2.05) is 88.3 Å². The number of phenolic OH excluding ortho intramolecular Hbond substituents is 1. The number of aliphatic hydroxyl groups is 1. The zero-order valence-electron chi connectivity index (χ0n) is 30.4. The van der Waals surface area contributed by atoms with Crippen molar-refractivity contribution in [1.29, 1.82) is 0 Å². The van der Waals surface area contributed by atoms with Crippen LogP contribution >= 0.6 is 11.3 Å². The van der Waals surface area contributed by atoms with Crippen LogP contribution in [0.25, 0.3) is 27.1 Å². The van der Waals surface area contributed by atoms with Gasteiger partial charge in [0.1, 0.15) is 22.3 Å². The van der Waals surface area contributed by atoms with Gasteiger partial charge in [0.05, 0.1) is 22.4 Å². The predicted molar refractivity (Wildman–Crippen MR) is 220 cm³/mol. The molecule has 1 aliphatic rings. The van der Waals surface area contributed by atoms with Gasteiger partial charge in [-0.05, 0) is 78.2 Å². The van der Waals surface area contributed by atoms with Crippen LogP contribution in [-0.2, 0) is 33.2 Å². The number of thiazole rings is 1. The Bertz CT molecular complexity index is 2760. The van der Waals surface area contributed by atoms with E-state index in [9.17, 15) is 40.9 Å². The molecule has 1 aliphatic heterocycles. The van der Waals surface area contributed by atoms with Crippen molar-refractivity contribution in [3.05, 3.63) is 148 Å². The van der Waals surface area contributed by atoms with Crippen molar-refractivity contribution in [1.82, 2.24) is 0 Å². The van der Waals surface area contributed by atoms with Crippen LogP contribution in [0.15, 0.2) is 127 Å². The maximum atomic E-state index is 13.5. The number of nitrogens with zero attached hydrogens (tertiary/aromatic N) is 2. The molecule has 0 amide bonds. The number of unbranched alkanes of at least 4 members (excludes halogenated alkanes) is 1. The van der Waals surface area contributed by atoms with E-state index < -0.39 is 43.6 Å². The van der Waals surface area contributed by atoms with E-state index in [4.69, 9.17) is 4.74 Å². The molecule has 0 spiro atoms. The first-order valence-corrected chi connectivity index (χ1v) is 22.1. The van der Waals surface area contributed by atoms with Crippen molar-refractivity contribution in [2.45, 2.75) is 31.9 Å². The van der Waals surface area contributed by atoms with Crippen LogP contribution in [0, 0.1) is 0 Å². The van der Waals surface area contributed by atoms with E-state index in [0.717, 1.165) is 32.1 Å². The van der Waals surface area contributed by atoms with Gasteiger partial charge in [-0.3, -0.25) is 13.9 Å². The van der Waals surface area contributed by atoms with Crippen molar-refractivity contribution in [3.8, 4) is 11.5 Å². The van der Waals surface area contributed by atoms with Gasteiger partial charge >= 0.3 is 0 Å². The highest BCUT2D eigenvalue weighted by molar-refractivity contribution is 7.86. The molecule has 0 fully saturated rings. The Balaban J connectivity index is 1.35. The molecule has 0 aliphatic carbocycles. The van der Waals surface area contributed by atoms with Crippen LogP contribution in [0.5, 0.6) is 11.5 Å². The molecule has 6 aromatic rings. The quantitative estimate of drug-likeness (QED) is 0.0381. The minimum absolute atomic E-state index is 0.131. The summed E-state index contributed by atoms with van der Waals surface area (Å²) in [5.41, 5.74) is 3.49. The summed E-state index contributed by atoms with van der Waals surface area (Å²) in [6, 6.07) is 32.6. The summed E-state index contributed by atoms with van der Waals surface area (Å²) in [5, 5.41) is 23.9. The summed E-state index contributed by atoms with van der Waals surface area (Å²) >= 11 is 1.45. The minimum atomic E-state index is -4.48. The maximum Gasteiger partial charge on any atom is 0.267 e. The average molecular weight is 828 g/mol. The fraction of sp³-hybridized carbons (Fsp3) is 0.190. The third-order valence-corrected chi connectivity index (χ3v) is 12.2. The molecule has 0 bridgehead atoms. The standard InChI is InChI=1S/C42H38N2O10S3/c45-32(27-57(51,52)53)26-44-40(55-38-19-17-30-12-4-5-13-33(30)41(38)44)24-29(22-28-10-2-1-3-11-28)23-39-43(20-8-9-21-56(48,49)50)35-25-31(16-18-37(35)54-39)42(47)34-14-6-7-15-36(34)46/h1-7,10-19,23-25,32,45H,8-9,20-22,26-27H2,(H2-,46,47,48,49,50,51,52,53)/p+1. The molecule has 0 radical (unpaired) electrons. The smallest absolute Gasteiger partial charge is 0.267 e. The number of para-hydroxylation sites is 1. The van der Waals surface area contributed by atoms with Crippen LogP contribution in [-0.4, -0.2) is 66.1 Å². The van der Waals surface area contributed by atoms with E-state index in [1.165, 1.54) is 23.5 Å². The first-order chi connectivity index (χ1) is 27.2. The van der Waals surface area contributed by atoms with Gasteiger partial charge in [0.2, 0.25) is 11.4 Å². The molecule has 5 aromatic carbocycles. The molecule has 294 valence electrons. The summed E-state index contributed by atoms with van der Waals surface area (Å²) in [5.74, 6) is -1.00. The number of aliphatic hydroxyl groups excluding tert-OH is 1. The number of ether oxygens (including phenoxy) is 1. The van der Waals surface area contributed by atoms with E-state index in [2.05, 4.69) is 0 Å². The van der Waals surface area contributed by atoms with E-state index in [0.29, 0.717) is 40.7 Å². The van der Waals surface area contributed by atoms with Crippen LogP contribution in [0.3, 0.4) is 0 Å². The third kappa shape index (κ3) is 9.59. The number of ketones is 1. The SMILES string of the molecule is O=C(c1ccc2c(c1)N(CCCCS(=O)(=O)O)/C(=C/C(=C/c1sc3ccc4ccccc4c3[n+]1CC(O)CS(=O)(=O)O)Cc1ccccc1)O2)c1ccccc1O. The summed E-state index contributed by atoms with van der Waals surface area (Å²) in [7, 11) is -8.67. The molecule has 2 heterocycles. The van der Waals surface area contributed by atoms with Crippen LogP contribution in [0.4, 0.5) is 5.69 Å². The lowest BCUT2D eigenvalue weighted by Crippen LogP contribution is -2.43. The number of aromatic nitrogens is 1. The number of anilines is 1. The molecule has 1 atom stereocenters. The lowest BCUT2D eigenvalue weighted by atomic mass is 10.0. The first kappa shape index (κ1) is 39.8. The van der Waals surface area contributed by atoms with Crippen molar-refractivity contribution in [2.24, 2.45) is 0 Å². The predicted octanol–water partition coefficient (Wildman–Crippen LogP) is 6.56. The van der Waals surface area contributed by atoms with Gasteiger partial charge in [-0.2, -0.15) is 21.4 Å². The molecular formula is C42H39N2O10S3+. The number of phenols is 1. The highest BCUT2D eigenvalue weighted by Gasteiger charge is 2.30. The molecule has 57 heavy (non-hydrogen) atoms. The fourth-order valence-electron chi connectivity index (χ4n) is 6.92. The van der Waals surface area contributed by atoms with Gasteiger partial charge in [0, 0.05) is 24.3 Å². The Labute approximate surface area is 333 Å². The molecular weight excluding hydrogens is 789 g/mol. The topological polar surface area (TPSA) is 183 Å². The molecule has 1 unspecified atom stereocenters. The molecule has 12 nitrogen and oxygen atoms in total. The van der Waals surface area contributed by atoms with Crippen LogP contribution < -0.4 is 14.2 Å². The average Bonchev–Trinajstić information content (AvgIpc) is 3.68. The van der Waals surface area contributed by atoms with E-state index in [-0.39, 0.29) is 30.8 Å². The van der Waals surface area contributed by atoms with Gasteiger partial charge in [-0.15, -0.1) is 0 Å². The molecule has 1 aromatic heterocycles. The second-order valence-corrected chi connectivity index (χ2v) is 17.9. The molecule has 0 saturated heterocycles. The van der Waals surface area contributed by atoms with E-state index in [1.54, 1.807) is 30.3 Å². The second-order valence-electron chi connectivity index (χ2n) is 13.7. The number of rotatable bonds is 15. The van der Waals surface area contributed by atoms with Gasteiger partial charge in [-0.25, -0.2) is 0 Å². The van der Waals surface area contributed by atoms with Crippen LogP contribution in [0.1, 0.15) is 39.3 Å². The molecule has 0 saturated carbocycles. The monoisotopic (exact) mass is 827 g/mol. The van der Waals surface area contributed by atoms with Gasteiger partial charge in [0.25, 0.3) is 25.2 Å². The summed E-state index contributed by atoms with van der Waals surface area (Å²) < 4.78 is 74.8. The lowest BCUT2D eigenvalue weighted by molar-refractivity contribution is -0.674. The minimum Gasteiger partial charge on any atom is -0.507 e. The normalized spacial score (nSPS) is 14.6. The van der Waals surface area contributed by atoms with Gasteiger partial charge in [0.15, 0.2) is 18.1 Å². The number of allylic oxidation sites excluding steroid dienone is 2. The van der Waals surface area contributed by atoms with Crippen molar-refractivity contribution in [3.63, 3.8) is 0 Å². The fourth-order valence-corrected chi connectivity index (χ4v) is 9.24. The largest absolute Gasteiger partial charge is 0.507 e. The lowest BCUT2D eigenvalue weighted by Gasteiger charge is -2.19. The molecule has 4 N–H and O–H groups in total. The van der Waals surface area contributed by atoms with Crippen molar-refractivity contribution >= 4 is 70.1 Å². The summed E-state index contributed by atoms with van der Waals surface area (Å²) in [6.07, 6.45) is 3.27. The summed E-state index contributed by atoms with van der Waals surface area (Å²) in [6.45, 7) is 0.127. The Morgan fingerprint density at radius 1 is 0.860 bits per heavy atom. The van der Waals surface area contributed by atoms with Gasteiger partial charge < -0.3 is 19.8 Å². The highest BCUT2D eigenvalue weighted by atomic mass is 32.2. The Kier molecular flexibility index (Phi) is 11.6. The van der Waals surface area contributed by atoms with Crippen LogP contribution in [0.2, 0.25) is 0 Å². The number of carbonyl (C=O) groups is 1. The highest BCUT2D eigenvalue weighted by Crippen LogP contribution is 2.41. The Morgan fingerprint density at radius 3 is 2.35 bits per heavy atom. The third-order valence-electron chi connectivity index (χ3n) is 9.45. The van der Waals surface area contributed by atoms with Gasteiger partial charge in [-0.1, -0.05) is 78.1 Å². The van der Waals surface area contributed by atoms with Crippen molar-refractivity contribution < 1.29 is 50.3 Å². The van der Waals surface area contributed by atoms with Crippen molar-refractivity contribution in [2.75, 3.05) is 23.0 Å². The first-order valence-electron chi connectivity index (χ1n) is 18.0. The molecule has 7 rings (SSSR count). The molecule has 15 heteroatoms. The zero-order valence-corrected chi connectivity index (χ0v) is 32.9.